The molecule has 0 aliphatic rings. The Kier molecular flexibility index (Phi) is 3.33. The van der Waals surface area contributed by atoms with Crippen LogP contribution in [0.4, 0.5) is 0 Å². The molecule has 2 aromatic rings. The maximum absolute atomic E-state index is 10.6. The van der Waals surface area contributed by atoms with Gasteiger partial charge in [-0.25, -0.2) is 9.78 Å². The van der Waals surface area contributed by atoms with Gasteiger partial charge in [0, 0.05) is 25.5 Å². The number of rotatable bonds is 1. The van der Waals surface area contributed by atoms with Crippen molar-refractivity contribution in [1.82, 2.24) is 4.98 Å². The molecule has 0 bridgehead atoms. The SMILES string of the molecule is O=C(O)c1ccc2ccccc2n1.[Ir]. The number of hydrogen-bond acceptors (Lipinski definition) is 2. The minimum absolute atomic E-state index is 0. The number of nitrogens with zero attached hydrogens (tertiary/aromatic N) is 1. The Labute approximate surface area is 94.1 Å². The number of fused-ring (bicyclic) bond motifs is 1. The quantitative estimate of drug-likeness (QED) is 0.840. The van der Waals surface area contributed by atoms with Crippen LogP contribution in [-0.2, 0) is 20.1 Å². The van der Waals surface area contributed by atoms with Gasteiger partial charge in [-0.3, -0.25) is 0 Å². The minimum Gasteiger partial charge on any atom is -0.477 e. The normalized spacial score (nSPS) is 9.43. The third-order valence-corrected chi connectivity index (χ3v) is 1.82. The van der Waals surface area contributed by atoms with Crippen molar-refractivity contribution in [1.29, 1.82) is 0 Å². The zero-order valence-corrected chi connectivity index (χ0v) is 9.50. The van der Waals surface area contributed by atoms with Gasteiger partial charge in [-0.1, -0.05) is 24.3 Å². The Balaban J connectivity index is 0.000000980. The third-order valence-electron chi connectivity index (χ3n) is 1.82. The van der Waals surface area contributed by atoms with Gasteiger partial charge in [0.25, 0.3) is 0 Å². The molecule has 1 heterocycles. The molecule has 0 amide bonds. The number of carboxylic acids is 1. The summed E-state index contributed by atoms with van der Waals surface area (Å²) in [6, 6.07) is 10.7. The van der Waals surface area contributed by atoms with E-state index in [1.807, 2.05) is 18.2 Å². The minimum atomic E-state index is -0.995. The number of benzene rings is 1. The number of hydrogen-bond donors (Lipinski definition) is 1. The topological polar surface area (TPSA) is 50.2 Å². The summed E-state index contributed by atoms with van der Waals surface area (Å²) < 4.78 is 0. The summed E-state index contributed by atoms with van der Waals surface area (Å²) in [6.07, 6.45) is 0. The molecule has 14 heavy (non-hydrogen) atoms. The first-order chi connectivity index (χ1) is 6.27. The first kappa shape index (κ1) is 10.8. The summed E-state index contributed by atoms with van der Waals surface area (Å²) in [5.41, 5.74) is 0.793. The van der Waals surface area contributed by atoms with Gasteiger partial charge in [0.2, 0.25) is 0 Å². The number of carbonyl (C=O) groups is 1. The van der Waals surface area contributed by atoms with Gasteiger partial charge >= 0.3 is 5.97 Å². The average molecular weight is 365 g/mol. The fraction of sp³-hybridized carbons (Fsp3) is 0. The van der Waals surface area contributed by atoms with Gasteiger partial charge in [0.15, 0.2) is 0 Å². The molecule has 4 heteroatoms. The molecule has 1 aromatic carbocycles. The van der Waals surface area contributed by atoms with Crippen LogP contribution in [-0.4, -0.2) is 16.1 Å². The van der Waals surface area contributed by atoms with Crippen molar-refractivity contribution in [2.45, 2.75) is 0 Å². The molecule has 0 aliphatic heterocycles. The van der Waals surface area contributed by atoms with Crippen LogP contribution in [0.5, 0.6) is 0 Å². The Bertz CT molecular complexity index is 470. The van der Waals surface area contributed by atoms with Crippen molar-refractivity contribution in [2.75, 3.05) is 0 Å². The number of para-hydroxylation sites is 1. The molecule has 0 aliphatic carbocycles. The molecule has 73 valence electrons. The molecular weight excluding hydrogens is 358 g/mol. The zero-order valence-electron chi connectivity index (χ0n) is 7.10. The number of aromatic carboxylic acids is 1. The van der Waals surface area contributed by atoms with Crippen LogP contribution in [0.15, 0.2) is 36.4 Å². The summed E-state index contributed by atoms with van der Waals surface area (Å²) in [6.45, 7) is 0. The molecule has 1 N–H and O–H groups in total. The number of carboxylic acid groups (broad SMARTS) is 1. The van der Waals surface area contributed by atoms with E-state index < -0.39 is 5.97 Å². The monoisotopic (exact) mass is 366 g/mol. The molecule has 0 fully saturated rings. The molecule has 3 nitrogen and oxygen atoms in total. The first-order valence-electron chi connectivity index (χ1n) is 3.86. The standard InChI is InChI=1S/C10H7NO2.Ir/c12-10(13)9-6-5-7-3-1-2-4-8(7)11-9;/h1-6H,(H,12,13);. The largest absolute Gasteiger partial charge is 0.477 e. The van der Waals surface area contributed by atoms with E-state index in [1.165, 1.54) is 6.07 Å². The molecule has 0 unspecified atom stereocenters. The van der Waals surface area contributed by atoms with Crippen molar-refractivity contribution < 1.29 is 30.0 Å². The van der Waals surface area contributed by atoms with Crippen molar-refractivity contribution >= 4 is 16.9 Å². The van der Waals surface area contributed by atoms with Gasteiger partial charge in [-0.2, -0.15) is 0 Å². The van der Waals surface area contributed by atoms with Crippen LogP contribution in [0, 0.1) is 0 Å². The second-order valence-electron chi connectivity index (χ2n) is 2.69. The molecule has 2 rings (SSSR count). The number of pyridine rings is 1. The smallest absolute Gasteiger partial charge is 0.354 e. The summed E-state index contributed by atoms with van der Waals surface area (Å²) in [4.78, 5) is 14.6. The van der Waals surface area contributed by atoms with Gasteiger partial charge in [0.1, 0.15) is 5.69 Å². The summed E-state index contributed by atoms with van der Waals surface area (Å²) in [7, 11) is 0. The van der Waals surface area contributed by atoms with Gasteiger partial charge < -0.3 is 5.11 Å². The summed E-state index contributed by atoms with van der Waals surface area (Å²) in [5.74, 6) is -0.995. The van der Waals surface area contributed by atoms with Crippen LogP contribution in [0.2, 0.25) is 0 Å². The molecular formula is C10H7IrNO2. The maximum Gasteiger partial charge on any atom is 0.354 e. The van der Waals surface area contributed by atoms with E-state index in [9.17, 15) is 4.79 Å². The van der Waals surface area contributed by atoms with E-state index >= 15 is 0 Å². The van der Waals surface area contributed by atoms with E-state index in [0.29, 0.717) is 5.52 Å². The molecule has 1 radical (unpaired) electrons. The van der Waals surface area contributed by atoms with E-state index in [-0.39, 0.29) is 25.8 Å². The Morgan fingerprint density at radius 2 is 1.86 bits per heavy atom. The second kappa shape index (κ2) is 4.31. The first-order valence-corrected chi connectivity index (χ1v) is 3.86. The molecule has 0 saturated heterocycles. The van der Waals surface area contributed by atoms with Crippen molar-refractivity contribution in [3.8, 4) is 0 Å². The van der Waals surface area contributed by atoms with Crippen molar-refractivity contribution in [2.24, 2.45) is 0 Å². The van der Waals surface area contributed by atoms with Crippen molar-refractivity contribution in [3.63, 3.8) is 0 Å². The maximum atomic E-state index is 10.6. The summed E-state index contributed by atoms with van der Waals surface area (Å²) >= 11 is 0. The van der Waals surface area contributed by atoms with E-state index in [0.717, 1.165) is 5.39 Å². The molecule has 0 saturated carbocycles. The van der Waals surface area contributed by atoms with Crippen LogP contribution < -0.4 is 0 Å². The Morgan fingerprint density at radius 3 is 2.57 bits per heavy atom. The van der Waals surface area contributed by atoms with Crippen LogP contribution >= 0.6 is 0 Å². The third kappa shape index (κ3) is 1.97. The summed E-state index contributed by atoms with van der Waals surface area (Å²) in [5, 5.41) is 9.63. The molecule has 1 aromatic heterocycles. The predicted molar refractivity (Wildman–Crippen MR) is 48.7 cm³/mol. The molecule has 0 atom stereocenters. The van der Waals surface area contributed by atoms with Crippen LogP contribution in [0.25, 0.3) is 10.9 Å². The van der Waals surface area contributed by atoms with Crippen LogP contribution in [0.3, 0.4) is 0 Å². The second-order valence-corrected chi connectivity index (χ2v) is 2.69. The van der Waals surface area contributed by atoms with E-state index in [4.69, 9.17) is 5.11 Å². The zero-order chi connectivity index (χ0) is 9.26. The van der Waals surface area contributed by atoms with E-state index in [1.54, 1.807) is 12.1 Å². The van der Waals surface area contributed by atoms with E-state index in [2.05, 4.69) is 4.98 Å². The number of aromatic nitrogens is 1. The Morgan fingerprint density at radius 1 is 1.14 bits per heavy atom. The predicted octanol–water partition coefficient (Wildman–Crippen LogP) is 1.93. The van der Waals surface area contributed by atoms with Crippen LogP contribution in [0.1, 0.15) is 10.5 Å². The van der Waals surface area contributed by atoms with Gasteiger partial charge in [0.05, 0.1) is 5.52 Å². The van der Waals surface area contributed by atoms with Gasteiger partial charge in [-0.05, 0) is 12.1 Å². The van der Waals surface area contributed by atoms with Crippen molar-refractivity contribution in [3.05, 3.63) is 42.1 Å². The van der Waals surface area contributed by atoms with Gasteiger partial charge in [-0.15, -0.1) is 0 Å². The Hall–Kier alpha value is -1.25. The average Bonchev–Trinajstić information content (AvgIpc) is 2.17. The fourth-order valence-corrected chi connectivity index (χ4v) is 1.19. The fourth-order valence-electron chi connectivity index (χ4n) is 1.19. The molecule has 0 spiro atoms.